The minimum atomic E-state index is -0.454. The molecule has 0 bridgehead atoms. The first-order chi connectivity index (χ1) is 9.95. The molecule has 0 saturated heterocycles. The molecule has 6 heteroatoms. The van der Waals surface area contributed by atoms with Crippen molar-refractivity contribution in [1.82, 2.24) is 0 Å². The number of phenols is 4. The second-order valence-corrected chi connectivity index (χ2v) is 4.51. The Morgan fingerprint density at radius 3 is 2.29 bits per heavy atom. The highest BCUT2D eigenvalue weighted by Gasteiger charge is 2.13. The highest BCUT2D eigenvalue weighted by Crippen LogP contribution is 2.35. The Labute approximate surface area is 117 Å². The molecule has 0 saturated carbocycles. The SMILES string of the molecule is O=c1cc(-c2cc(O)ccc2O)oc2cc(O)c(O)cc12. The number of hydrogen-bond donors (Lipinski definition) is 4. The highest BCUT2D eigenvalue weighted by atomic mass is 16.3. The van der Waals surface area contributed by atoms with Crippen LogP contribution in [0.5, 0.6) is 23.0 Å². The third-order valence-electron chi connectivity index (χ3n) is 3.07. The van der Waals surface area contributed by atoms with Gasteiger partial charge in [-0.15, -0.1) is 0 Å². The number of aromatic hydroxyl groups is 4. The number of fused-ring (bicyclic) bond motifs is 1. The van der Waals surface area contributed by atoms with Crippen LogP contribution in [0.25, 0.3) is 22.3 Å². The summed E-state index contributed by atoms with van der Waals surface area (Å²) in [4.78, 5) is 12.0. The van der Waals surface area contributed by atoms with Gasteiger partial charge < -0.3 is 24.8 Å². The van der Waals surface area contributed by atoms with Crippen LogP contribution in [-0.2, 0) is 0 Å². The summed E-state index contributed by atoms with van der Waals surface area (Å²) < 4.78 is 5.46. The lowest BCUT2D eigenvalue weighted by atomic mass is 10.1. The van der Waals surface area contributed by atoms with E-state index in [1.807, 2.05) is 0 Å². The van der Waals surface area contributed by atoms with Crippen molar-refractivity contribution in [3.8, 4) is 34.3 Å². The Hall–Kier alpha value is -3.15. The van der Waals surface area contributed by atoms with Gasteiger partial charge in [-0.2, -0.15) is 0 Å². The van der Waals surface area contributed by atoms with Gasteiger partial charge in [0.2, 0.25) is 0 Å². The third kappa shape index (κ3) is 2.12. The molecule has 0 spiro atoms. The average Bonchev–Trinajstić information content (AvgIpc) is 2.43. The van der Waals surface area contributed by atoms with Crippen molar-refractivity contribution in [3.63, 3.8) is 0 Å². The van der Waals surface area contributed by atoms with Crippen molar-refractivity contribution in [2.45, 2.75) is 0 Å². The van der Waals surface area contributed by atoms with Crippen LogP contribution in [0.4, 0.5) is 0 Å². The summed E-state index contributed by atoms with van der Waals surface area (Å²) in [6.07, 6.45) is 0. The number of hydrogen-bond acceptors (Lipinski definition) is 6. The van der Waals surface area contributed by atoms with Gasteiger partial charge in [0.25, 0.3) is 0 Å². The summed E-state index contributed by atoms with van der Waals surface area (Å²) in [5.74, 6) is -1.09. The summed E-state index contributed by atoms with van der Waals surface area (Å²) in [6.45, 7) is 0. The van der Waals surface area contributed by atoms with Crippen LogP contribution in [0, 0.1) is 0 Å². The molecule has 0 fully saturated rings. The smallest absolute Gasteiger partial charge is 0.193 e. The average molecular weight is 286 g/mol. The van der Waals surface area contributed by atoms with E-state index < -0.39 is 16.9 Å². The third-order valence-corrected chi connectivity index (χ3v) is 3.07. The van der Waals surface area contributed by atoms with Crippen LogP contribution < -0.4 is 5.43 Å². The van der Waals surface area contributed by atoms with Crippen molar-refractivity contribution < 1.29 is 24.8 Å². The lowest BCUT2D eigenvalue weighted by Crippen LogP contribution is -2.00. The molecule has 0 atom stereocenters. The van der Waals surface area contributed by atoms with Crippen molar-refractivity contribution >= 4 is 11.0 Å². The van der Waals surface area contributed by atoms with Gasteiger partial charge in [-0.1, -0.05) is 0 Å². The largest absolute Gasteiger partial charge is 0.508 e. The van der Waals surface area contributed by atoms with Gasteiger partial charge in [0.1, 0.15) is 22.8 Å². The van der Waals surface area contributed by atoms with Gasteiger partial charge in [0.05, 0.1) is 10.9 Å². The molecule has 21 heavy (non-hydrogen) atoms. The molecular weight excluding hydrogens is 276 g/mol. The monoisotopic (exact) mass is 286 g/mol. The van der Waals surface area contributed by atoms with Crippen molar-refractivity contribution in [2.75, 3.05) is 0 Å². The van der Waals surface area contributed by atoms with Gasteiger partial charge >= 0.3 is 0 Å². The van der Waals surface area contributed by atoms with Crippen molar-refractivity contribution in [2.24, 2.45) is 0 Å². The van der Waals surface area contributed by atoms with E-state index in [0.29, 0.717) is 0 Å². The molecule has 3 aromatic rings. The van der Waals surface area contributed by atoms with E-state index in [-0.39, 0.29) is 33.8 Å². The molecule has 6 nitrogen and oxygen atoms in total. The van der Waals surface area contributed by atoms with E-state index in [4.69, 9.17) is 4.42 Å². The molecule has 1 aromatic heterocycles. The molecule has 0 aliphatic carbocycles. The predicted molar refractivity (Wildman–Crippen MR) is 74.6 cm³/mol. The zero-order valence-electron chi connectivity index (χ0n) is 10.6. The van der Waals surface area contributed by atoms with Crippen LogP contribution in [0.3, 0.4) is 0 Å². The van der Waals surface area contributed by atoms with E-state index in [1.165, 1.54) is 18.2 Å². The van der Waals surface area contributed by atoms with Gasteiger partial charge in [-0.3, -0.25) is 4.79 Å². The van der Waals surface area contributed by atoms with Gasteiger partial charge in [0, 0.05) is 12.1 Å². The molecule has 0 amide bonds. The fraction of sp³-hybridized carbons (Fsp3) is 0. The summed E-state index contributed by atoms with van der Waals surface area (Å²) in [5, 5.41) is 38.2. The molecule has 3 rings (SSSR count). The fourth-order valence-electron chi connectivity index (χ4n) is 2.03. The van der Waals surface area contributed by atoms with Gasteiger partial charge in [-0.05, 0) is 24.3 Å². The van der Waals surface area contributed by atoms with Crippen LogP contribution >= 0.6 is 0 Å². The highest BCUT2D eigenvalue weighted by molar-refractivity contribution is 5.82. The van der Waals surface area contributed by atoms with Crippen LogP contribution in [0.15, 0.2) is 45.6 Å². The Balaban J connectivity index is 2.32. The molecule has 106 valence electrons. The maximum Gasteiger partial charge on any atom is 0.193 e. The number of phenolic OH excluding ortho intramolecular Hbond substituents is 4. The quantitative estimate of drug-likeness (QED) is 0.403. The molecule has 0 unspecified atom stereocenters. The zero-order chi connectivity index (χ0) is 15.1. The summed E-state index contributed by atoms with van der Waals surface area (Å²) in [7, 11) is 0. The number of benzene rings is 2. The summed E-state index contributed by atoms with van der Waals surface area (Å²) in [5.41, 5.74) is -0.263. The minimum Gasteiger partial charge on any atom is -0.508 e. The van der Waals surface area contributed by atoms with E-state index in [2.05, 4.69) is 0 Å². The van der Waals surface area contributed by atoms with Crippen molar-refractivity contribution in [3.05, 3.63) is 46.6 Å². The topological polar surface area (TPSA) is 111 Å². The van der Waals surface area contributed by atoms with E-state index in [0.717, 1.165) is 18.2 Å². The first-order valence-corrected chi connectivity index (χ1v) is 5.98. The zero-order valence-corrected chi connectivity index (χ0v) is 10.6. The Morgan fingerprint density at radius 2 is 1.52 bits per heavy atom. The Bertz CT molecular complexity index is 910. The minimum absolute atomic E-state index is 0.0333. The van der Waals surface area contributed by atoms with Crippen LogP contribution in [-0.4, -0.2) is 20.4 Å². The van der Waals surface area contributed by atoms with Crippen molar-refractivity contribution in [1.29, 1.82) is 0 Å². The lowest BCUT2D eigenvalue weighted by Gasteiger charge is -2.06. The van der Waals surface area contributed by atoms with Crippen LogP contribution in [0.2, 0.25) is 0 Å². The first kappa shape index (κ1) is 12.9. The maximum atomic E-state index is 12.0. The molecular formula is C15H10O6. The Kier molecular flexibility index (Phi) is 2.72. The standard InChI is InChI=1S/C15H10O6/c16-7-1-2-10(17)8(3-7)14-5-11(18)9-4-12(19)13(20)6-15(9)21-14/h1-6,16-17,19-20H. The summed E-state index contributed by atoms with van der Waals surface area (Å²) >= 11 is 0. The van der Waals surface area contributed by atoms with Crippen LogP contribution in [0.1, 0.15) is 0 Å². The van der Waals surface area contributed by atoms with Gasteiger partial charge in [-0.25, -0.2) is 0 Å². The van der Waals surface area contributed by atoms with E-state index >= 15 is 0 Å². The normalized spacial score (nSPS) is 10.9. The molecule has 0 radical (unpaired) electrons. The lowest BCUT2D eigenvalue weighted by molar-refractivity contribution is 0.403. The molecule has 2 aromatic carbocycles. The second-order valence-electron chi connectivity index (χ2n) is 4.51. The fourth-order valence-corrected chi connectivity index (χ4v) is 2.03. The molecule has 0 aliphatic rings. The number of rotatable bonds is 1. The second kappa shape index (κ2) is 4.45. The first-order valence-electron chi connectivity index (χ1n) is 5.98. The molecule has 1 heterocycles. The molecule has 4 N–H and O–H groups in total. The predicted octanol–water partition coefficient (Wildman–Crippen LogP) is 2.28. The Morgan fingerprint density at radius 1 is 0.810 bits per heavy atom. The maximum absolute atomic E-state index is 12.0. The van der Waals surface area contributed by atoms with E-state index in [1.54, 1.807) is 0 Å². The molecule has 0 aliphatic heterocycles. The van der Waals surface area contributed by atoms with E-state index in [9.17, 15) is 25.2 Å². The van der Waals surface area contributed by atoms with Gasteiger partial charge in [0.15, 0.2) is 16.9 Å². The summed E-state index contributed by atoms with van der Waals surface area (Å²) in [6, 6.07) is 7.15.